The number of hydrogen-bond acceptors (Lipinski definition) is 12. The van der Waals surface area contributed by atoms with E-state index in [0.717, 1.165) is 21.9 Å². The van der Waals surface area contributed by atoms with Gasteiger partial charge in [-0.3, -0.25) is 14.5 Å². The van der Waals surface area contributed by atoms with Gasteiger partial charge in [-0.2, -0.15) is 0 Å². The second-order valence-corrected chi connectivity index (χ2v) is 13.2. The maximum atomic E-state index is 13.3. The predicted octanol–water partition coefficient (Wildman–Crippen LogP) is 0.0854. The van der Waals surface area contributed by atoms with Crippen molar-refractivity contribution in [3.8, 4) is 0 Å². The van der Waals surface area contributed by atoms with Gasteiger partial charge >= 0.3 is 5.97 Å². The fourth-order valence-corrected chi connectivity index (χ4v) is 6.83. The van der Waals surface area contributed by atoms with Gasteiger partial charge < -0.3 is 30.5 Å². The van der Waals surface area contributed by atoms with E-state index >= 15 is 0 Å². The normalized spacial score (nSPS) is 18.7. The summed E-state index contributed by atoms with van der Waals surface area (Å²) in [5, 5.41) is 17.9. The number of oxime groups is 1. The van der Waals surface area contributed by atoms with Gasteiger partial charge in [-0.1, -0.05) is 34.2 Å². The van der Waals surface area contributed by atoms with Crippen LogP contribution in [0.2, 0.25) is 4.34 Å². The Kier molecular flexibility index (Phi) is 8.36. The van der Waals surface area contributed by atoms with Gasteiger partial charge in [0.15, 0.2) is 10.8 Å². The Labute approximate surface area is 258 Å². The molecule has 3 aromatic heterocycles. The summed E-state index contributed by atoms with van der Waals surface area (Å²) in [6.45, 7) is 4.65. The SMILES string of the molecule is CC(C)(C)OC(=O)CO/N=C(\C(=O)N[C@@H]1C(=O)N2C(C(=O)[O-])=C(C[n+]3ccn4ccccc43)CS[C@H]12)c1nc(N)sc1Cl. The third-order valence-corrected chi connectivity index (χ3v) is 8.68. The molecular weight excluding hydrogens is 622 g/mol. The highest BCUT2D eigenvalue weighted by atomic mass is 35.5. The Bertz CT molecular complexity index is 1690. The van der Waals surface area contributed by atoms with Gasteiger partial charge in [0.25, 0.3) is 17.5 Å². The number of thiazole rings is 1. The zero-order valence-electron chi connectivity index (χ0n) is 23.1. The number of carboxylic acid groups (broad SMARTS) is 1. The van der Waals surface area contributed by atoms with Gasteiger partial charge in [0.2, 0.25) is 6.61 Å². The second-order valence-electron chi connectivity index (χ2n) is 10.5. The molecule has 0 saturated carbocycles. The lowest BCUT2D eigenvalue weighted by atomic mass is 10.0. The van der Waals surface area contributed by atoms with E-state index in [1.165, 1.54) is 11.8 Å². The molecule has 17 heteroatoms. The van der Waals surface area contributed by atoms with Crippen molar-refractivity contribution in [3.05, 3.63) is 58.1 Å². The van der Waals surface area contributed by atoms with Crippen molar-refractivity contribution in [1.29, 1.82) is 0 Å². The molecule has 2 aliphatic rings. The van der Waals surface area contributed by atoms with E-state index in [0.29, 0.717) is 5.57 Å². The maximum Gasteiger partial charge on any atom is 0.347 e. The van der Waals surface area contributed by atoms with Crippen molar-refractivity contribution in [3.63, 3.8) is 0 Å². The number of carbonyl (C=O) groups excluding carboxylic acids is 4. The number of fused-ring (bicyclic) bond motifs is 2. The van der Waals surface area contributed by atoms with E-state index in [4.69, 9.17) is 26.9 Å². The van der Waals surface area contributed by atoms with E-state index < -0.39 is 53.1 Å². The molecule has 0 unspecified atom stereocenters. The Morgan fingerprint density at radius 3 is 2.74 bits per heavy atom. The third kappa shape index (κ3) is 6.30. The number of pyridine rings is 1. The van der Waals surface area contributed by atoms with Crippen molar-refractivity contribution in [2.24, 2.45) is 5.16 Å². The smallest absolute Gasteiger partial charge is 0.347 e. The fourth-order valence-electron chi connectivity index (χ4n) is 4.56. The van der Waals surface area contributed by atoms with E-state index in [2.05, 4.69) is 15.5 Å². The topological polar surface area (TPSA) is 185 Å². The molecule has 0 aromatic carbocycles. The van der Waals surface area contributed by atoms with Gasteiger partial charge in [0.1, 0.15) is 46.0 Å². The summed E-state index contributed by atoms with van der Waals surface area (Å²) in [5.74, 6) is -3.49. The minimum Gasteiger partial charge on any atom is -0.543 e. The number of β-lactam (4-membered cyclic amide) rings is 1. The van der Waals surface area contributed by atoms with Gasteiger partial charge in [-0.25, -0.2) is 18.7 Å². The quantitative estimate of drug-likeness (QED) is 0.106. The van der Waals surface area contributed by atoms with Crippen LogP contribution >= 0.6 is 34.7 Å². The number of carbonyl (C=O) groups is 4. The Morgan fingerprint density at radius 2 is 2.07 bits per heavy atom. The number of nitrogen functional groups attached to an aromatic ring is 1. The van der Waals surface area contributed by atoms with E-state index in [1.54, 1.807) is 20.8 Å². The first kappa shape index (κ1) is 30.3. The molecule has 0 bridgehead atoms. The highest BCUT2D eigenvalue weighted by Crippen LogP contribution is 2.40. The number of nitrogens with zero attached hydrogens (tertiary/aromatic N) is 5. The minimum atomic E-state index is -1.50. The zero-order valence-corrected chi connectivity index (χ0v) is 25.5. The van der Waals surface area contributed by atoms with Crippen LogP contribution in [0.3, 0.4) is 0 Å². The first-order valence-electron chi connectivity index (χ1n) is 12.8. The Balaban J connectivity index is 1.34. The van der Waals surface area contributed by atoms with Crippen molar-refractivity contribution in [1.82, 2.24) is 19.6 Å². The monoisotopic (exact) mass is 647 g/mol. The van der Waals surface area contributed by atoms with Crippen molar-refractivity contribution < 1.29 is 38.4 Å². The molecule has 2 aliphatic heterocycles. The van der Waals surface area contributed by atoms with Crippen LogP contribution in [0.4, 0.5) is 5.13 Å². The molecule has 14 nitrogen and oxygen atoms in total. The molecule has 0 aliphatic carbocycles. The van der Waals surface area contributed by atoms with Crippen LogP contribution in [0.5, 0.6) is 0 Å². The van der Waals surface area contributed by atoms with Crippen molar-refractivity contribution in [2.45, 2.75) is 44.3 Å². The lowest BCUT2D eigenvalue weighted by molar-refractivity contribution is -0.662. The molecular formula is C26H26ClN7O7S2. The molecule has 226 valence electrons. The summed E-state index contributed by atoms with van der Waals surface area (Å²) in [5.41, 5.74) is 5.52. The number of anilines is 1. The number of hydrogen-bond donors (Lipinski definition) is 2. The lowest BCUT2D eigenvalue weighted by Gasteiger charge is -2.50. The third-order valence-electron chi connectivity index (χ3n) is 6.26. The highest BCUT2D eigenvalue weighted by molar-refractivity contribution is 8.00. The lowest BCUT2D eigenvalue weighted by Crippen LogP contribution is -2.71. The van der Waals surface area contributed by atoms with Gasteiger partial charge in [-0.05, 0) is 26.8 Å². The summed E-state index contributed by atoms with van der Waals surface area (Å²) in [4.78, 5) is 61.1. The number of imidazole rings is 1. The number of esters is 1. The first-order chi connectivity index (χ1) is 20.3. The molecule has 5 rings (SSSR count). The highest BCUT2D eigenvalue weighted by Gasteiger charge is 2.53. The van der Waals surface area contributed by atoms with Crippen LogP contribution in [0, 0.1) is 0 Å². The van der Waals surface area contributed by atoms with Crippen LogP contribution < -0.4 is 20.7 Å². The van der Waals surface area contributed by atoms with Crippen molar-refractivity contribution in [2.75, 3.05) is 18.1 Å². The molecule has 1 saturated heterocycles. The first-order valence-corrected chi connectivity index (χ1v) is 15.1. The molecule has 3 N–H and O–H groups in total. The maximum absolute atomic E-state index is 13.3. The number of ether oxygens (including phenoxy) is 1. The van der Waals surface area contributed by atoms with Crippen LogP contribution in [-0.2, 0) is 35.3 Å². The number of nitrogens with one attached hydrogen (secondary N) is 1. The summed E-state index contributed by atoms with van der Waals surface area (Å²) in [6.07, 6.45) is 5.52. The molecule has 3 aromatic rings. The average Bonchev–Trinajstić information content (AvgIpc) is 3.49. The van der Waals surface area contributed by atoms with Crippen LogP contribution in [0.1, 0.15) is 26.5 Å². The Morgan fingerprint density at radius 1 is 1.30 bits per heavy atom. The van der Waals surface area contributed by atoms with E-state index in [-0.39, 0.29) is 33.2 Å². The number of thioether (sulfide) groups is 1. The standard InChI is InChI=1S/C26H26ClN7O7S2/c1-26(2,3)41-15(35)11-40-31-17(16-20(27)43-25(28)30-16)21(36)29-18-22(37)34-19(24(38)39)13(12-42-23(18)34)10-33-9-8-32-7-5-4-6-14(32)33/h4-9,18,23H,10-12H2,1-3H3,(H3-,28,29,30,36,38,39)/b31-17-/t18-,23-/m1/s1. The molecule has 5 heterocycles. The zero-order chi connectivity index (χ0) is 31.1. The number of amides is 2. The molecule has 0 spiro atoms. The van der Waals surface area contributed by atoms with Crippen LogP contribution in [0.15, 0.2) is 53.2 Å². The van der Waals surface area contributed by atoms with E-state index in [1.807, 2.05) is 45.8 Å². The van der Waals surface area contributed by atoms with Crippen LogP contribution in [0.25, 0.3) is 5.65 Å². The number of aromatic nitrogens is 3. The molecule has 2 atom stereocenters. The Hall–Kier alpha value is -4.15. The summed E-state index contributed by atoms with van der Waals surface area (Å²) in [6, 6.07) is 4.53. The number of rotatable bonds is 9. The van der Waals surface area contributed by atoms with Crippen LogP contribution in [-0.4, -0.2) is 73.1 Å². The summed E-state index contributed by atoms with van der Waals surface area (Å²) < 4.78 is 8.95. The summed E-state index contributed by atoms with van der Waals surface area (Å²) >= 11 is 8.39. The number of carboxylic acids is 1. The number of nitrogens with two attached hydrogens (primary N) is 1. The molecule has 1 fully saturated rings. The largest absolute Gasteiger partial charge is 0.543 e. The van der Waals surface area contributed by atoms with E-state index in [9.17, 15) is 24.3 Å². The minimum absolute atomic E-state index is 0.0309. The molecule has 2 amide bonds. The number of aliphatic carboxylic acids is 1. The van der Waals surface area contributed by atoms with Gasteiger partial charge in [0, 0.05) is 17.4 Å². The van der Waals surface area contributed by atoms with Crippen molar-refractivity contribution >= 4 is 74.9 Å². The van der Waals surface area contributed by atoms with Gasteiger partial charge in [0.05, 0.1) is 17.9 Å². The fraction of sp³-hybridized carbons (Fsp3) is 0.346. The summed E-state index contributed by atoms with van der Waals surface area (Å²) in [7, 11) is 0. The second kappa shape index (κ2) is 11.9. The van der Waals surface area contributed by atoms with Gasteiger partial charge in [-0.15, -0.1) is 11.8 Å². The molecule has 0 radical (unpaired) electrons. The predicted molar refractivity (Wildman–Crippen MR) is 155 cm³/mol. The average molecular weight is 648 g/mol. The number of halogens is 1. The molecule has 43 heavy (non-hydrogen) atoms.